The smallest absolute Gasteiger partial charge is 0.258 e. The van der Waals surface area contributed by atoms with Gasteiger partial charge in [-0.2, -0.15) is 0 Å². The molecule has 0 spiro atoms. The summed E-state index contributed by atoms with van der Waals surface area (Å²) in [5.74, 6) is -1.06. The van der Waals surface area contributed by atoms with Gasteiger partial charge in [0, 0.05) is 12.3 Å². The molecule has 25 heavy (non-hydrogen) atoms. The fraction of sp³-hybridized carbons (Fsp3) is 0.0667. The van der Waals surface area contributed by atoms with E-state index in [1.807, 2.05) is 0 Å². The van der Waals surface area contributed by atoms with Gasteiger partial charge in [-0.1, -0.05) is 18.2 Å². The molecule has 6 nitrogen and oxygen atoms in total. The number of non-ortho nitro benzene ring substituents is 1. The van der Waals surface area contributed by atoms with E-state index in [9.17, 15) is 31.7 Å². The maximum atomic E-state index is 13.9. The molecule has 0 fully saturated rings. The average Bonchev–Trinajstić information content (AvgIpc) is 2.95. The first kappa shape index (κ1) is 17.0. The lowest BCUT2D eigenvalue weighted by Gasteiger charge is -2.08. The van der Waals surface area contributed by atoms with Crippen LogP contribution in [0.15, 0.2) is 53.6 Å². The Kier molecular flexibility index (Phi) is 3.99. The summed E-state index contributed by atoms with van der Waals surface area (Å²) in [5.41, 5.74) is -1.80. The van der Waals surface area contributed by atoms with Gasteiger partial charge in [0.1, 0.15) is 10.7 Å². The Morgan fingerprint density at radius 3 is 2.36 bits per heavy atom. The molecule has 3 rings (SSSR count). The summed E-state index contributed by atoms with van der Waals surface area (Å²) >= 11 is 0. The van der Waals surface area contributed by atoms with Gasteiger partial charge < -0.3 is 0 Å². The Balaban J connectivity index is 2.41. The number of aromatic nitrogens is 1. The summed E-state index contributed by atoms with van der Waals surface area (Å²) in [5, 5.41) is 10.6. The van der Waals surface area contributed by atoms with Crippen LogP contribution in [0.1, 0.15) is 12.0 Å². The number of nitro benzene ring substituents is 1. The Morgan fingerprint density at radius 1 is 1.08 bits per heavy atom. The van der Waals surface area contributed by atoms with Crippen molar-refractivity contribution in [3.63, 3.8) is 0 Å². The zero-order valence-electron chi connectivity index (χ0n) is 12.3. The van der Waals surface area contributed by atoms with Crippen molar-refractivity contribution in [2.75, 3.05) is 0 Å². The molecule has 0 saturated heterocycles. The van der Waals surface area contributed by atoms with Gasteiger partial charge in [0.05, 0.1) is 21.4 Å². The molecule has 0 amide bonds. The number of fused-ring (bicyclic) bond motifs is 1. The minimum Gasteiger partial charge on any atom is -0.258 e. The lowest BCUT2D eigenvalue weighted by atomic mass is 10.1. The van der Waals surface area contributed by atoms with Crippen LogP contribution < -0.4 is 0 Å². The van der Waals surface area contributed by atoms with Gasteiger partial charge >= 0.3 is 0 Å². The van der Waals surface area contributed by atoms with E-state index in [0.717, 1.165) is 24.3 Å². The molecule has 0 radical (unpaired) electrons. The molecule has 130 valence electrons. The van der Waals surface area contributed by atoms with E-state index >= 15 is 0 Å². The molecule has 0 aliphatic rings. The molecule has 2 aromatic carbocycles. The van der Waals surface area contributed by atoms with E-state index in [2.05, 4.69) is 0 Å². The first-order valence-electron chi connectivity index (χ1n) is 6.81. The summed E-state index contributed by atoms with van der Waals surface area (Å²) in [4.78, 5) is 9.51. The monoisotopic (exact) mass is 370 g/mol. The Labute approximate surface area is 139 Å². The largest absolute Gasteiger partial charge is 0.279 e. The van der Waals surface area contributed by atoms with Crippen molar-refractivity contribution in [2.45, 2.75) is 11.3 Å². The minimum absolute atomic E-state index is 0.326. The van der Waals surface area contributed by atoms with Gasteiger partial charge in [-0.25, -0.2) is 25.6 Å². The highest BCUT2D eigenvalue weighted by molar-refractivity contribution is 7.90. The van der Waals surface area contributed by atoms with E-state index in [4.69, 9.17) is 0 Å². The SMILES string of the molecule is O=[N+]([O-])c1cccc2c1c(C(F)F)cn2S(=O)(=O)c1ccccc1F. The fourth-order valence-electron chi connectivity index (χ4n) is 2.54. The van der Waals surface area contributed by atoms with Crippen molar-refractivity contribution >= 4 is 26.6 Å². The highest BCUT2D eigenvalue weighted by Gasteiger charge is 2.30. The topological polar surface area (TPSA) is 82.2 Å². The zero-order valence-corrected chi connectivity index (χ0v) is 13.1. The lowest BCUT2D eigenvalue weighted by Crippen LogP contribution is -2.13. The Morgan fingerprint density at radius 2 is 1.76 bits per heavy atom. The van der Waals surface area contributed by atoms with Gasteiger partial charge in [-0.05, 0) is 18.2 Å². The van der Waals surface area contributed by atoms with Crippen LogP contribution in [0.25, 0.3) is 10.9 Å². The highest BCUT2D eigenvalue weighted by Crippen LogP contribution is 2.37. The number of benzene rings is 2. The van der Waals surface area contributed by atoms with Crippen LogP contribution in [0.2, 0.25) is 0 Å². The Hall–Kier alpha value is -2.88. The van der Waals surface area contributed by atoms with Crippen LogP contribution in [-0.4, -0.2) is 17.3 Å². The number of halogens is 3. The summed E-state index contributed by atoms with van der Waals surface area (Å²) in [6.45, 7) is 0. The molecule has 0 unspecified atom stereocenters. The third-order valence-corrected chi connectivity index (χ3v) is 5.32. The van der Waals surface area contributed by atoms with E-state index in [0.29, 0.717) is 10.2 Å². The van der Waals surface area contributed by atoms with Crippen molar-refractivity contribution in [2.24, 2.45) is 0 Å². The molecular weight excluding hydrogens is 361 g/mol. The van der Waals surface area contributed by atoms with Gasteiger partial charge in [0.2, 0.25) is 0 Å². The summed E-state index contributed by atoms with van der Waals surface area (Å²) in [6, 6.07) is 7.75. The molecule has 0 aliphatic carbocycles. The number of nitrogens with zero attached hydrogens (tertiary/aromatic N) is 2. The molecule has 0 saturated carbocycles. The van der Waals surface area contributed by atoms with Crippen molar-refractivity contribution in [1.82, 2.24) is 3.97 Å². The molecule has 0 atom stereocenters. The van der Waals surface area contributed by atoms with Crippen LogP contribution in [0.3, 0.4) is 0 Å². The second kappa shape index (κ2) is 5.88. The van der Waals surface area contributed by atoms with E-state index in [1.165, 1.54) is 18.2 Å². The highest BCUT2D eigenvalue weighted by atomic mass is 32.2. The van der Waals surface area contributed by atoms with Crippen molar-refractivity contribution in [3.05, 3.63) is 70.2 Å². The van der Waals surface area contributed by atoms with E-state index in [1.54, 1.807) is 0 Å². The van der Waals surface area contributed by atoms with Gasteiger partial charge in [-0.3, -0.25) is 10.1 Å². The molecule has 0 bridgehead atoms. The normalized spacial score (nSPS) is 12.0. The van der Waals surface area contributed by atoms with Gasteiger partial charge in [-0.15, -0.1) is 0 Å². The van der Waals surface area contributed by atoms with E-state index in [-0.39, 0.29) is 5.52 Å². The maximum Gasteiger partial charge on any atom is 0.279 e. The fourth-order valence-corrected chi connectivity index (χ4v) is 3.98. The standard InChI is InChI=1S/C15H9F3N2O4S/c16-10-4-1-2-7-13(10)25(23,24)19-8-9(15(17)18)14-11(19)5-3-6-12(14)20(21)22/h1-8,15H. The predicted octanol–water partition coefficient (Wildman–Crippen LogP) is 3.86. The maximum absolute atomic E-state index is 13.9. The lowest BCUT2D eigenvalue weighted by molar-refractivity contribution is -0.383. The van der Waals surface area contributed by atoms with Crippen molar-refractivity contribution in [1.29, 1.82) is 0 Å². The molecule has 10 heteroatoms. The molecule has 0 N–H and O–H groups in total. The second-order valence-electron chi connectivity index (χ2n) is 5.04. The van der Waals surface area contributed by atoms with Gasteiger partial charge in [0.25, 0.3) is 22.1 Å². The summed E-state index contributed by atoms with van der Waals surface area (Å²) < 4.78 is 66.4. The van der Waals surface area contributed by atoms with Crippen LogP contribution >= 0.6 is 0 Å². The third-order valence-electron chi connectivity index (χ3n) is 3.61. The first-order chi connectivity index (χ1) is 11.7. The number of alkyl halides is 2. The predicted molar refractivity (Wildman–Crippen MR) is 82.5 cm³/mol. The number of nitro groups is 1. The first-order valence-corrected chi connectivity index (χ1v) is 8.25. The van der Waals surface area contributed by atoms with Crippen LogP contribution in [0, 0.1) is 15.9 Å². The molecule has 0 aliphatic heterocycles. The molecule has 1 heterocycles. The minimum atomic E-state index is -4.57. The van der Waals surface area contributed by atoms with Crippen LogP contribution in [0.5, 0.6) is 0 Å². The van der Waals surface area contributed by atoms with Crippen LogP contribution in [-0.2, 0) is 10.0 Å². The number of hydrogen-bond acceptors (Lipinski definition) is 4. The van der Waals surface area contributed by atoms with Crippen molar-refractivity contribution in [3.8, 4) is 0 Å². The number of rotatable bonds is 4. The van der Waals surface area contributed by atoms with Crippen molar-refractivity contribution < 1.29 is 26.5 Å². The molecule has 1 aromatic heterocycles. The Bertz CT molecular complexity index is 1090. The average molecular weight is 370 g/mol. The zero-order chi connectivity index (χ0) is 18.4. The quantitative estimate of drug-likeness (QED) is 0.516. The van der Waals surface area contributed by atoms with E-state index < -0.39 is 48.7 Å². The summed E-state index contributed by atoms with van der Waals surface area (Å²) in [7, 11) is -4.57. The van der Waals surface area contributed by atoms with Crippen LogP contribution in [0.4, 0.5) is 18.9 Å². The molecule has 3 aromatic rings. The van der Waals surface area contributed by atoms with Gasteiger partial charge in [0.15, 0.2) is 0 Å². The number of hydrogen-bond donors (Lipinski definition) is 0. The summed E-state index contributed by atoms with van der Waals surface area (Å²) in [6.07, 6.45) is -2.56. The third kappa shape index (κ3) is 2.64. The molecular formula is C15H9F3N2O4S. The second-order valence-corrected chi connectivity index (χ2v) is 6.83.